The van der Waals surface area contributed by atoms with Gasteiger partial charge in [0.25, 0.3) is 5.91 Å². The molecule has 5 nitrogen and oxygen atoms in total. The van der Waals surface area contributed by atoms with Gasteiger partial charge < -0.3 is 4.74 Å². The van der Waals surface area contributed by atoms with Gasteiger partial charge in [-0.15, -0.1) is 10.2 Å². The number of amides is 1. The Morgan fingerprint density at radius 1 is 1.30 bits per heavy atom. The van der Waals surface area contributed by atoms with Gasteiger partial charge in [0.1, 0.15) is 11.6 Å². The van der Waals surface area contributed by atoms with Crippen molar-refractivity contribution in [2.75, 3.05) is 11.9 Å². The van der Waals surface area contributed by atoms with E-state index in [-0.39, 0.29) is 12.5 Å². The van der Waals surface area contributed by atoms with Crippen molar-refractivity contribution in [3.05, 3.63) is 40.9 Å². The zero-order chi connectivity index (χ0) is 13.8. The molecule has 1 aromatic heterocycles. The number of aromatic nitrogens is 2. The van der Waals surface area contributed by atoms with Gasteiger partial charge in [0, 0.05) is 5.92 Å². The number of benzene rings is 1. The largest absolute Gasteiger partial charge is 0.367 e. The van der Waals surface area contributed by atoms with E-state index in [1.807, 2.05) is 30.3 Å². The summed E-state index contributed by atoms with van der Waals surface area (Å²) in [4.78, 5) is 11.7. The number of carbonyl (C=O) groups excluding carboxylic acids is 1. The van der Waals surface area contributed by atoms with Crippen molar-refractivity contribution < 1.29 is 9.53 Å². The third kappa shape index (κ3) is 3.61. The first-order chi connectivity index (χ1) is 9.81. The molecule has 1 fully saturated rings. The molecule has 1 aliphatic rings. The van der Waals surface area contributed by atoms with Gasteiger partial charge in [0.15, 0.2) is 0 Å². The summed E-state index contributed by atoms with van der Waals surface area (Å²) in [5, 5.41) is 12.3. The van der Waals surface area contributed by atoms with Crippen LogP contribution in [0.3, 0.4) is 0 Å². The van der Waals surface area contributed by atoms with Crippen LogP contribution in [0.1, 0.15) is 29.3 Å². The molecule has 1 saturated carbocycles. The van der Waals surface area contributed by atoms with Gasteiger partial charge in [-0.2, -0.15) is 0 Å². The standard InChI is InChI=1S/C14H15N3O2S/c18-12(9-19-8-10-4-2-1-3-5-10)15-14-17-16-13(20-14)11-6-7-11/h1-5,11H,6-9H2,(H,15,17,18). The number of ether oxygens (including phenoxy) is 1. The van der Waals surface area contributed by atoms with Gasteiger partial charge in [-0.1, -0.05) is 41.7 Å². The Labute approximate surface area is 121 Å². The van der Waals surface area contributed by atoms with Crippen LogP contribution < -0.4 is 5.32 Å². The Kier molecular flexibility index (Phi) is 4.03. The first-order valence-corrected chi connectivity index (χ1v) is 7.38. The van der Waals surface area contributed by atoms with Gasteiger partial charge >= 0.3 is 0 Å². The summed E-state index contributed by atoms with van der Waals surface area (Å²) < 4.78 is 5.36. The molecule has 1 N–H and O–H groups in total. The van der Waals surface area contributed by atoms with Crippen LogP contribution in [0, 0.1) is 0 Å². The van der Waals surface area contributed by atoms with E-state index >= 15 is 0 Å². The molecule has 0 radical (unpaired) electrons. The number of nitrogens with zero attached hydrogens (tertiary/aromatic N) is 2. The fourth-order valence-corrected chi connectivity index (χ4v) is 2.70. The molecule has 3 rings (SSSR count). The average Bonchev–Trinajstić information content (AvgIpc) is 3.21. The molecule has 0 spiro atoms. The molecule has 1 heterocycles. The maximum Gasteiger partial charge on any atom is 0.252 e. The van der Waals surface area contributed by atoms with Gasteiger partial charge in [-0.05, 0) is 18.4 Å². The fourth-order valence-electron chi connectivity index (χ4n) is 1.77. The lowest BCUT2D eigenvalue weighted by Gasteiger charge is -2.03. The molecule has 0 aliphatic heterocycles. The first-order valence-electron chi connectivity index (χ1n) is 6.56. The van der Waals surface area contributed by atoms with Crippen LogP contribution in [-0.4, -0.2) is 22.7 Å². The second kappa shape index (κ2) is 6.11. The Morgan fingerprint density at radius 2 is 2.10 bits per heavy atom. The quantitative estimate of drug-likeness (QED) is 0.887. The summed E-state index contributed by atoms with van der Waals surface area (Å²) in [6.07, 6.45) is 2.37. The van der Waals surface area contributed by atoms with Gasteiger partial charge in [0.2, 0.25) is 5.13 Å². The highest BCUT2D eigenvalue weighted by molar-refractivity contribution is 7.15. The molecule has 0 bridgehead atoms. The zero-order valence-electron chi connectivity index (χ0n) is 10.9. The van der Waals surface area contributed by atoms with E-state index in [1.165, 1.54) is 24.2 Å². The van der Waals surface area contributed by atoms with E-state index in [2.05, 4.69) is 15.5 Å². The molecule has 2 aromatic rings. The lowest BCUT2D eigenvalue weighted by molar-refractivity contribution is -0.121. The Balaban J connectivity index is 1.42. The molecule has 104 valence electrons. The Hall–Kier alpha value is -1.79. The predicted octanol–water partition coefficient (Wildman–Crippen LogP) is 2.57. The highest BCUT2D eigenvalue weighted by Crippen LogP contribution is 2.41. The number of carbonyl (C=O) groups is 1. The van der Waals surface area contributed by atoms with Crippen molar-refractivity contribution in [2.45, 2.75) is 25.4 Å². The molecule has 1 aliphatic carbocycles. The number of anilines is 1. The van der Waals surface area contributed by atoms with Gasteiger partial charge in [-0.3, -0.25) is 10.1 Å². The summed E-state index contributed by atoms with van der Waals surface area (Å²) in [7, 11) is 0. The number of hydrogen-bond donors (Lipinski definition) is 1. The van der Waals surface area contributed by atoms with E-state index in [1.54, 1.807) is 0 Å². The minimum absolute atomic E-state index is 0.0211. The Morgan fingerprint density at radius 3 is 2.85 bits per heavy atom. The van der Waals surface area contributed by atoms with E-state index in [0.717, 1.165) is 10.6 Å². The smallest absolute Gasteiger partial charge is 0.252 e. The average molecular weight is 289 g/mol. The third-order valence-electron chi connectivity index (χ3n) is 2.96. The summed E-state index contributed by atoms with van der Waals surface area (Å²) in [6.45, 7) is 0.449. The van der Waals surface area contributed by atoms with Crippen molar-refractivity contribution in [1.82, 2.24) is 10.2 Å². The normalized spacial score (nSPS) is 14.2. The molecule has 6 heteroatoms. The highest BCUT2D eigenvalue weighted by Gasteiger charge is 2.27. The summed E-state index contributed by atoms with van der Waals surface area (Å²) in [6, 6.07) is 9.76. The van der Waals surface area contributed by atoms with E-state index < -0.39 is 0 Å². The Bertz CT molecular complexity index is 581. The lowest BCUT2D eigenvalue weighted by Crippen LogP contribution is -2.18. The topological polar surface area (TPSA) is 64.1 Å². The van der Waals surface area contributed by atoms with Crippen LogP contribution >= 0.6 is 11.3 Å². The first kappa shape index (κ1) is 13.2. The van der Waals surface area contributed by atoms with Crippen molar-refractivity contribution in [1.29, 1.82) is 0 Å². The zero-order valence-corrected chi connectivity index (χ0v) is 11.7. The van der Waals surface area contributed by atoms with Crippen LogP contribution in [0.5, 0.6) is 0 Å². The van der Waals surface area contributed by atoms with Crippen molar-refractivity contribution in [3.63, 3.8) is 0 Å². The molecular formula is C14H15N3O2S. The highest BCUT2D eigenvalue weighted by atomic mass is 32.1. The van der Waals surface area contributed by atoms with Gasteiger partial charge in [-0.25, -0.2) is 0 Å². The predicted molar refractivity (Wildman–Crippen MR) is 76.6 cm³/mol. The fraction of sp³-hybridized carbons (Fsp3) is 0.357. The second-order valence-corrected chi connectivity index (χ2v) is 5.76. The molecule has 0 atom stereocenters. The van der Waals surface area contributed by atoms with E-state index in [4.69, 9.17) is 4.74 Å². The van der Waals surface area contributed by atoms with Gasteiger partial charge in [0.05, 0.1) is 6.61 Å². The monoisotopic (exact) mass is 289 g/mol. The van der Waals surface area contributed by atoms with Crippen molar-refractivity contribution >= 4 is 22.4 Å². The van der Waals surface area contributed by atoms with Crippen LogP contribution in [0.2, 0.25) is 0 Å². The maximum atomic E-state index is 11.7. The number of hydrogen-bond acceptors (Lipinski definition) is 5. The summed E-state index contributed by atoms with van der Waals surface area (Å²) in [5.41, 5.74) is 1.05. The molecule has 1 amide bonds. The van der Waals surface area contributed by atoms with Crippen LogP contribution in [0.25, 0.3) is 0 Å². The van der Waals surface area contributed by atoms with Crippen molar-refractivity contribution in [2.24, 2.45) is 0 Å². The molecule has 1 aromatic carbocycles. The molecule has 0 unspecified atom stereocenters. The lowest BCUT2D eigenvalue weighted by atomic mass is 10.2. The van der Waals surface area contributed by atoms with Crippen molar-refractivity contribution in [3.8, 4) is 0 Å². The summed E-state index contributed by atoms with van der Waals surface area (Å²) in [5.74, 6) is 0.368. The van der Waals surface area contributed by atoms with Crippen LogP contribution in [0.15, 0.2) is 30.3 Å². The van der Waals surface area contributed by atoms with E-state index in [0.29, 0.717) is 17.7 Å². The minimum atomic E-state index is -0.195. The number of rotatable bonds is 6. The molecule has 0 saturated heterocycles. The maximum absolute atomic E-state index is 11.7. The molecule has 20 heavy (non-hydrogen) atoms. The van der Waals surface area contributed by atoms with E-state index in [9.17, 15) is 4.79 Å². The van der Waals surface area contributed by atoms with Crippen LogP contribution in [-0.2, 0) is 16.1 Å². The third-order valence-corrected chi connectivity index (χ3v) is 3.96. The van der Waals surface area contributed by atoms with Crippen LogP contribution in [0.4, 0.5) is 5.13 Å². The minimum Gasteiger partial charge on any atom is -0.367 e. The second-order valence-electron chi connectivity index (χ2n) is 4.75. The molecular weight excluding hydrogens is 274 g/mol. The SMILES string of the molecule is O=C(COCc1ccccc1)Nc1nnc(C2CC2)s1. The number of nitrogens with one attached hydrogen (secondary N) is 1. The summed E-state index contributed by atoms with van der Waals surface area (Å²) >= 11 is 1.45.